The van der Waals surface area contributed by atoms with Crippen molar-refractivity contribution < 1.29 is 18.6 Å². The van der Waals surface area contributed by atoms with Crippen LogP contribution in [0.1, 0.15) is 5.56 Å². The first-order chi connectivity index (χ1) is 13.1. The maximum atomic E-state index is 13.5. The van der Waals surface area contributed by atoms with Crippen LogP contribution in [0.5, 0.6) is 17.2 Å². The van der Waals surface area contributed by atoms with Crippen LogP contribution in [0.15, 0.2) is 41.5 Å². The third-order valence-corrected chi connectivity index (χ3v) is 4.05. The van der Waals surface area contributed by atoms with Gasteiger partial charge in [0, 0.05) is 17.2 Å². The number of halogens is 1. The average Bonchev–Trinajstić information content (AvgIpc) is 3.06. The standard InChI is InChI=1S/C18H17FN4O3S/c1-24-14-9-16(26-3)15(25-2)8-12(14)10-20-23-17(21-22-18(23)27)11-5-4-6-13(19)7-11/h4-10H,1-3H3,(H,22,27)/b20-10-. The van der Waals surface area contributed by atoms with E-state index < -0.39 is 0 Å². The second-order valence-electron chi connectivity index (χ2n) is 5.37. The van der Waals surface area contributed by atoms with Gasteiger partial charge in [-0.1, -0.05) is 12.1 Å². The van der Waals surface area contributed by atoms with Crippen LogP contribution in [-0.4, -0.2) is 42.4 Å². The van der Waals surface area contributed by atoms with Crippen molar-refractivity contribution in [3.05, 3.63) is 52.5 Å². The lowest BCUT2D eigenvalue weighted by atomic mass is 10.2. The number of benzene rings is 2. The van der Waals surface area contributed by atoms with Crippen LogP contribution in [0.3, 0.4) is 0 Å². The van der Waals surface area contributed by atoms with Gasteiger partial charge in [-0.05, 0) is 30.4 Å². The fourth-order valence-corrected chi connectivity index (χ4v) is 2.67. The predicted octanol–water partition coefficient (Wildman–Crippen LogP) is 3.65. The molecule has 0 bridgehead atoms. The molecule has 1 aromatic heterocycles. The highest BCUT2D eigenvalue weighted by Crippen LogP contribution is 2.33. The fraction of sp³-hybridized carbons (Fsp3) is 0.167. The molecule has 0 amide bonds. The molecule has 0 unspecified atom stereocenters. The van der Waals surface area contributed by atoms with Gasteiger partial charge in [0.25, 0.3) is 0 Å². The smallest absolute Gasteiger partial charge is 0.216 e. The van der Waals surface area contributed by atoms with Gasteiger partial charge in [-0.3, -0.25) is 0 Å². The Balaban J connectivity index is 2.05. The number of aromatic nitrogens is 3. The fourth-order valence-electron chi connectivity index (χ4n) is 2.49. The van der Waals surface area contributed by atoms with E-state index in [0.29, 0.717) is 34.2 Å². The quantitative estimate of drug-likeness (QED) is 0.515. The second kappa shape index (κ2) is 8.00. The number of hydrogen-bond donors (Lipinski definition) is 1. The Hall–Kier alpha value is -3.20. The molecule has 27 heavy (non-hydrogen) atoms. The largest absolute Gasteiger partial charge is 0.496 e. The van der Waals surface area contributed by atoms with Crippen molar-refractivity contribution in [3.63, 3.8) is 0 Å². The number of methoxy groups -OCH3 is 3. The van der Waals surface area contributed by atoms with Crippen LogP contribution in [0.2, 0.25) is 0 Å². The summed E-state index contributed by atoms with van der Waals surface area (Å²) in [7, 11) is 4.63. The summed E-state index contributed by atoms with van der Waals surface area (Å²) in [5.41, 5.74) is 1.18. The molecule has 0 aliphatic rings. The van der Waals surface area contributed by atoms with Crippen molar-refractivity contribution in [2.24, 2.45) is 5.10 Å². The summed E-state index contributed by atoms with van der Waals surface area (Å²) in [6, 6.07) is 9.45. The highest BCUT2D eigenvalue weighted by molar-refractivity contribution is 7.71. The van der Waals surface area contributed by atoms with E-state index in [4.69, 9.17) is 26.4 Å². The second-order valence-corrected chi connectivity index (χ2v) is 5.75. The van der Waals surface area contributed by atoms with Gasteiger partial charge in [0.05, 0.1) is 27.5 Å². The van der Waals surface area contributed by atoms with E-state index in [0.717, 1.165) is 0 Å². The Morgan fingerprint density at radius 1 is 1.07 bits per heavy atom. The van der Waals surface area contributed by atoms with Crippen LogP contribution in [0.4, 0.5) is 4.39 Å². The number of hydrogen-bond acceptors (Lipinski definition) is 6. The first-order valence-corrected chi connectivity index (χ1v) is 8.26. The normalized spacial score (nSPS) is 11.0. The summed E-state index contributed by atoms with van der Waals surface area (Å²) in [5, 5.41) is 11.2. The van der Waals surface area contributed by atoms with Crippen LogP contribution in [0.25, 0.3) is 11.4 Å². The highest BCUT2D eigenvalue weighted by atomic mass is 32.1. The molecule has 140 valence electrons. The molecule has 0 atom stereocenters. The molecular weight excluding hydrogens is 371 g/mol. The molecule has 0 aliphatic heterocycles. The van der Waals surface area contributed by atoms with Gasteiger partial charge in [0.15, 0.2) is 17.3 Å². The molecule has 1 heterocycles. The molecule has 0 fully saturated rings. The molecule has 0 aliphatic carbocycles. The van der Waals surface area contributed by atoms with Gasteiger partial charge in [-0.15, -0.1) is 0 Å². The molecule has 1 N–H and O–H groups in total. The third kappa shape index (κ3) is 3.82. The van der Waals surface area contributed by atoms with Gasteiger partial charge in [-0.2, -0.15) is 14.9 Å². The van der Waals surface area contributed by atoms with Gasteiger partial charge in [0.2, 0.25) is 4.77 Å². The number of nitrogens with zero attached hydrogens (tertiary/aromatic N) is 3. The van der Waals surface area contributed by atoms with Crippen LogP contribution in [0, 0.1) is 10.6 Å². The number of rotatable bonds is 6. The molecule has 0 saturated carbocycles. The zero-order valence-electron chi connectivity index (χ0n) is 14.9. The number of H-pyrrole nitrogens is 1. The van der Waals surface area contributed by atoms with Crippen molar-refractivity contribution in [3.8, 4) is 28.6 Å². The first-order valence-electron chi connectivity index (χ1n) is 7.85. The highest BCUT2D eigenvalue weighted by Gasteiger charge is 2.12. The minimum Gasteiger partial charge on any atom is -0.496 e. The van der Waals surface area contributed by atoms with Crippen LogP contribution >= 0.6 is 12.2 Å². The molecule has 9 heteroatoms. The van der Waals surface area contributed by atoms with E-state index in [1.165, 1.54) is 16.8 Å². The van der Waals surface area contributed by atoms with Crippen LogP contribution in [-0.2, 0) is 0 Å². The zero-order valence-corrected chi connectivity index (χ0v) is 15.7. The Morgan fingerprint density at radius 3 is 2.44 bits per heavy atom. The Kier molecular flexibility index (Phi) is 5.51. The monoisotopic (exact) mass is 388 g/mol. The molecule has 0 spiro atoms. The lowest BCUT2D eigenvalue weighted by Crippen LogP contribution is -1.99. The van der Waals surface area contributed by atoms with Crippen molar-refractivity contribution in [1.29, 1.82) is 0 Å². The number of ether oxygens (including phenoxy) is 3. The summed E-state index contributed by atoms with van der Waals surface area (Å²) in [4.78, 5) is 0. The summed E-state index contributed by atoms with van der Waals surface area (Å²) in [6.45, 7) is 0. The van der Waals surface area contributed by atoms with Crippen molar-refractivity contribution in [2.45, 2.75) is 0 Å². The van der Waals surface area contributed by atoms with Gasteiger partial charge >= 0.3 is 0 Å². The minimum atomic E-state index is -0.376. The van der Waals surface area contributed by atoms with Gasteiger partial charge in [-0.25, -0.2) is 9.49 Å². The molecule has 3 aromatic rings. The summed E-state index contributed by atoms with van der Waals surface area (Å²) >= 11 is 5.23. The lowest BCUT2D eigenvalue weighted by molar-refractivity contribution is 0.349. The topological polar surface area (TPSA) is 73.7 Å². The van der Waals surface area contributed by atoms with Gasteiger partial charge in [0.1, 0.15) is 11.6 Å². The Morgan fingerprint density at radius 2 is 1.78 bits per heavy atom. The molecule has 7 nitrogen and oxygen atoms in total. The van der Waals surface area contributed by atoms with E-state index >= 15 is 0 Å². The van der Waals surface area contributed by atoms with E-state index in [-0.39, 0.29) is 10.6 Å². The summed E-state index contributed by atoms with van der Waals surface area (Å²) in [5.74, 6) is 1.61. The molecule has 0 saturated heterocycles. The minimum absolute atomic E-state index is 0.268. The predicted molar refractivity (Wildman–Crippen MR) is 102 cm³/mol. The Bertz CT molecular complexity index is 1050. The number of nitrogens with one attached hydrogen (secondary N) is 1. The van der Waals surface area contributed by atoms with E-state index in [1.807, 2.05) is 0 Å². The molecule has 3 rings (SSSR count). The van der Waals surface area contributed by atoms with E-state index in [2.05, 4.69) is 15.3 Å². The Labute approximate surface area is 160 Å². The summed E-state index contributed by atoms with van der Waals surface area (Å²) in [6.07, 6.45) is 1.55. The average molecular weight is 388 g/mol. The van der Waals surface area contributed by atoms with Crippen LogP contribution < -0.4 is 14.2 Å². The zero-order chi connectivity index (χ0) is 19.4. The molecule has 0 radical (unpaired) electrons. The third-order valence-electron chi connectivity index (χ3n) is 3.78. The maximum absolute atomic E-state index is 13.5. The maximum Gasteiger partial charge on any atom is 0.216 e. The lowest BCUT2D eigenvalue weighted by Gasteiger charge is -2.11. The van der Waals surface area contributed by atoms with E-state index in [9.17, 15) is 4.39 Å². The van der Waals surface area contributed by atoms with E-state index in [1.54, 1.807) is 51.8 Å². The van der Waals surface area contributed by atoms with Crippen molar-refractivity contribution >= 4 is 18.4 Å². The van der Waals surface area contributed by atoms with Gasteiger partial charge < -0.3 is 14.2 Å². The summed E-state index contributed by atoms with van der Waals surface area (Å²) < 4.78 is 31.2. The molecular formula is C18H17FN4O3S. The SMILES string of the molecule is COc1cc(OC)c(OC)cc1/C=N\n1c(-c2cccc(F)c2)n[nH]c1=S. The number of aromatic amines is 1. The first kappa shape index (κ1) is 18.6. The molecule has 2 aromatic carbocycles. The van der Waals surface area contributed by atoms with Crippen molar-refractivity contribution in [1.82, 2.24) is 14.9 Å². The van der Waals surface area contributed by atoms with Crippen molar-refractivity contribution in [2.75, 3.05) is 21.3 Å².